The van der Waals surface area contributed by atoms with Crippen molar-refractivity contribution in [2.75, 3.05) is 0 Å². The number of hydrogen-bond acceptors (Lipinski definition) is 1. The van der Waals surface area contributed by atoms with Crippen molar-refractivity contribution in [2.45, 2.75) is 12.3 Å². The quantitative estimate of drug-likeness (QED) is 0.668. The van der Waals surface area contributed by atoms with Crippen molar-refractivity contribution in [3.63, 3.8) is 0 Å². The average molecular weight is 263 g/mol. The van der Waals surface area contributed by atoms with Crippen LogP contribution in [0, 0.1) is 5.82 Å². The first-order chi connectivity index (χ1) is 8.34. The Labute approximate surface area is 97.4 Å². The van der Waals surface area contributed by atoms with Gasteiger partial charge in [0.1, 0.15) is 5.82 Å². The van der Waals surface area contributed by atoms with Gasteiger partial charge in [-0.1, -0.05) is 0 Å². The van der Waals surface area contributed by atoms with Crippen LogP contribution in [0.4, 0.5) is 22.0 Å². The molecule has 0 spiro atoms. The monoisotopic (exact) mass is 263 g/mol. The van der Waals surface area contributed by atoms with E-state index < -0.39 is 29.5 Å². The summed E-state index contributed by atoms with van der Waals surface area (Å²) in [4.78, 5) is 13.8. The third-order valence-corrected chi connectivity index (χ3v) is 2.47. The minimum Gasteiger partial charge on any atom is -0.360 e. The Morgan fingerprint density at radius 3 is 2.56 bits per heavy atom. The van der Waals surface area contributed by atoms with Gasteiger partial charge in [-0.05, 0) is 18.2 Å². The molecular weight excluding hydrogens is 257 g/mol. The molecule has 0 amide bonds. The van der Waals surface area contributed by atoms with Gasteiger partial charge in [-0.3, -0.25) is 4.79 Å². The maximum absolute atomic E-state index is 13.0. The molecule has 1 N–H and O–H groups in total. The van der Waals surface area contributed by atoms with Crippen LogP contribution >= 0.6 is 0 Å². The van der Waals surface area contributed by atoms with Gasteiger partial charge in [-0.25, -0.2) is 13.2 Å². The second-order valence-electron chi connectivity index (χ2n) is 3.65. The summed E-state index contributed by atoms with van der Waals surface area (Å²) in [6, 6.07) is 3.11. The lowest BCUT2D eigenvalue weighted by atomic mass is 10.0. The van der Waals surface area contributed by atoms with Gasteiger partial charge in [0.15, 0.2) is 0 Å². The number of nitrogens with one attached hydrogen (secondary N) is 1. The molecule has 18 heavy (non-hydrogen) atoms. The predicted molar refractivity (Wildman–Crippen MR) is 53.5 cm³/mol. The van der Waals surface area contributed by atoms with E-state index in [-0.39, 0.29) is 10.9 Å². The van der Waals surface area contributed by atoms with Gasteiger partial charge < -0.3 is 4.98 Å². The highest BCUT2D eigenvalue weighted by Crippen LogP contribution is 2.30. The number of fused-ring (bicyclic) bond motifs is 1. The molecule has 1 aromatic carbocycles. The van der Waals surface area contributed by atoms with Crippen LogP contribution in [-0.2, 0) is 0 Å². The highest BCUT2D eigenvalue weighted by molar-refractivity contribution is 6.11. The van der Waals surface area contributed by atoms with E-state index in [0.717, 1.165) is 18.3 Å². The normalized spacial score (nSPS) is 12.3. The van der Waals surface area contributed by atoms with Crippen LogP contribution in [0.5, 0.6) is 0 Å². The predicted octanol–water partition coefficient (Wildman–Crippen LogP) is 3.39. The minimum absolute atomic E-state index is 0.152. The maximum atomic E-state index is 13.0. The first-order valence-corrected chi connectivity index (χ1v) is 4.81. The molecule has 0 fully saturated rings. The number of hydrogen-bond donors (Lipinski definition) is 1. The molecule has 0 aliphatic carbocycles. The molecule has 0 saturated carbocycles. The molecule has 0 bridgehead atoms. The molecule has 96 valence electrons. The SMILES string of the molecule is O=C(c1c[nH]c2ccc(F)cc12)C(F)(F)C(F)F. The zero-order valence-electron chi connectivity index (χ0n) is 8.68. The fourth-order valence-electron chi connectivity index (χ4n) is 1.56. The van der Waals surface area contributed by atoms with Crippen molar-refractivity contribution in [2.24, 2.45) is 0 Å². The summed E-state index contributed by atoms with van der Waals surface area (Å²) in [5.74, 6) is -7.58. The molecule has 2 rings (SSSR count). The van der Waals surface area contributed by atoms with E-state index in [0.29, 0.717) is 0 Å². The summed E-state index contributed by atoms with van der Waals surface area (Å²) in [6.07, 6.45) is -3.24. The van der Waals surface area contributed by atoms with Crippen LogP contribution in [0.15, 0.2) is 24.4 Å². The average Bonchev–Trinajstić information content (AvgIpc) is 2.70. The van der Waals surface area contributed by atoms with Crippen molar-refractivity contribution in [1.82, 2.24) is 4.98 Å². The van der Waals surface area contributed by atoms with Crippen molar-refractivity contribution in [3.8, 4) is 0 Å². The van der Waals surface area contributed by atoms with Crippen LogP contribution in [0.1, 0.15) is 10.4 Å². The summed E-state index contributed by atoms with van der Waals surface area (Å²) in [5, 5.41) is -0.152. The Bertz CT molecular complexity index is 604. The smallest absolute Gasteiger partial charge is 0.360 e. The molecular formula is C11H6F5NO. The second kappa shape index (κ2) is 4.08. The Morgan fingerprint density at radius 2 is 1.94 bits per heavy atom. The van der Waals surface area contributed by atoms with Gasteiger partial charge in [0.2, 0.25) is 5.78 Å². The Hall–Kier alpha value is -1.92. The number of aromatic nitrogens is 1. The van der Waals surface area contributed by atoms with Crippen LogP contribution < -0.4 is 0 Å². The molecule has 0 unspecified atom stereocenters. The molecule has 2 aromatic rings. The summed E-state index contributed by atoms with van der Waals surface area (Å²) in [5.41, 5.74) is -0.445. The van der Waals surface area contributed by atoms with E-state index in [1.165, 1.54) is 6.07 Å². The third-order valence-electron chi connectivity index (χ3n) is 2.47. The number of H-pyrrole nitrogens is 1. The van der Waals surface area contributed by atoms with Gasteiger partial charge in [0, 0.05) is 22.7 Å². The van der Waals surface area contributed by atoms with E-state index in [2.05, 4.69) is 4.98 Å². The number of carbonyl (C=O) groups excluding carboxylic acids is 1. The Kier molecular flexibility index (Phi) is 2.84. The lowest BCUT2D eigenvalue weighted by Gasteiger charge is -2.12. The number of alkyl halides is 4. The summed E-state index contributed by atoms with van der Waals surface area (Å²) < 4.78 is 63.0. The highest BCUT2D eigenvalue weighted by atomic mass is 19.3. The number of ketones is 1. The first-order valence-electron chi connectivity index (χ1n) is 4.81. The molecule has 0 radical (unpaired) electrons. The summed E-state index contributed by atoms with van der Waals surface area (Å²) >= 11 is 0. The van der Waals surface area contributed by atoms with Crippen LogP contribution in [0.25, 0.3) is 10.9 Å². The van der Waals surface area contributed by atoms with Gasteiger partial charge >= 0.3 is 12.3 Å². The Balaban J connectivity index is 2.55. The van der Waals surface area contributed by atoms with Crippen molar-refractivity contribution in [1.29, 1.82) is 0 Å². The highest BCUT2D eigenvalue weighted by Gasteiger charge is 2.49. The van der Waals surface area contributed by atoms with Gasteiger partial charge in [-0.2, -0.15) is 8.78 Å². The van der Waals surface area contributed by atoms with Crippen molar-refractivity contribution < 1.29 is 26.7 Å². The zero-order chi connectivity index (χ0) is 13.5. The molecule has 7 heteroatoms. The number of halogens is 5. The van der Waals surface area contributed by atoms with Gasteiger partial charge in [-0.15, -0.1) is 0 Å². The number of rotatable bonds is 3. The molecule has 0 saturated heterocycles. The summed E-state index contributed by atoms with van der Waals surface area (Å²) in [7, 11) is 0. The van der Waals surface area contributed by atoms with Crippen LogP contribution in [-0.4, -0.2) is 23.1 Å². The Morgan fingerprint density at radius 1 is 1.28 bits per heavy atom. The molecule has 1 aromatic heterocycles. The van der Waals surface area contributed by atoms with E-state index in [4.69, 9.17) is 0 Å². The van der Waals surface area contributed by atoms with Crippen molar-refractivity contribution in [3.05, 3.63) is 35.8 Å². The fraction of sp³-hybridized carbons (Fsp3) is 0.182. The first kappa shape index (κ1) is 12.5. The second-order valence-corrected chi connectivity index (χ2v) is 3.65. The number of aromatic amines is 1. The van der Waals surface area contributed by atoms with E-state index in [1.807, 2.05) is 0 Å². The number of carbonyl (C=O) groups is 1. The molecule has 0 atom stereocenters. The maximum Gasteiger partial charge on any atom is 0.368 e. The van der Waals surface area contributed by atoms with Crippen molar-refractivity contribution >= 4 is 16.7 Å². The molecule has 0 aliphatic heterocycles. The largest absolute Gasteiger partial charge is 0.368 e. The van der Waals surface area contributed by atoms with Crippen LogP contribution in [0.3, 0.4) is 0 Å². The van der Waals surface area contributed by atoms with E-state index >= 15 is 0 Å². The molecule has 1 heterocycles. The standard InChI is InChI=1S/C11H6F5NO/c12-5-1-2-8-6(3-5)7(4-17-8)9(18)11(15,16)10(13)14/h1-4,10,17H. The topological polar surface area (TPSA) is 32.9 Å². The minimum atomic E-state index is -4.79. The zero-order valence-corrected chi connectivity index (χ0v) is 8.68. The van der Waals surface area contributed by atoms with Crippen LogP contribution in [0.2, 0.25) is 0 Å². The third kappa shape index (κ3) is 1.85. The van der Waals surface area contributed by atoms with Gasteiger partial charge in [0.05, 0.1) is 0 Å². The lowest BCUT2D eigenvalue weighted by molar-refractivity contribution is -0.0957. The van der Waals surface area contributed by atoms with E-state index in [9.17, 15) is 26.7 Å². The number of benzene rings is 1. The number of Topliss-reactive ketones (excluding diaryl/α,β-unsaturated/α-hetero) is 1. The lowest BCUT2D eigenvalue weighted by Crippen LogP contribution is -2.36. The van der Waals surface area contributed by atoms with Gasteiger partial charge in [0.25, 0.3) is 0 Å². The molecule has 0 aliphatic rings. The summed E-state index contributed by atoms with van der Waals surface area (Å²) in [6.45, 7) is 0. The van der Waals surface area contributed by atoms with E-state index in [1.54, 1.807) is 0 Å². The fourth-order valence-corrected chi connectivity index (χ4v) is 1.56. The molecule has 2 nitrogen and oxygen atoms in total.